The Morgan fingerprint density at radius 1 is 1.22 bits per heavy atom. The minimum Gasteiger partial charge on any atom is -0.384 e. The zero-order valence-electron chi connectivity index (χ0n) is 10.2. The zero-order chi connectivity index (χ0) is 13.6. The van der Waals surface area contributed by atoms with Crippen LogP contribution in [0.4, 0.5) is 13.2 Å². The smallest absolute Gasteiger partial charge is 0.384 e. The topological polar surface area (TPSA) is 20.2 Å². The van der Waals surface area contributed by atoms with Gasteiger partial charge in [0.05, 0.1) is 11.7 Å². The molecule has 0 bridgehead atoms. The maximum absolute atomic E-state index is 12.3. The molecule has 1 atom stereocenters. The van der Waals surface area contributed by atoms with Crippen LogP contribution in [0.1, 0.15) is 43.4 Å². The second-order valence-corrected chi connectivity index (χ2v) is 4.13. The number of aliphatic hydroxyl groups is 1. The molecular weight excluding hydrogens is 241 g/mol. The number of halogens is 3. The van der Waals surface area contributed by atoms with E-state index in [0.29, 0.717) is 5.56 Å². The predicted molar refractivity (Wildman–Crippen MR) is 65.1 cm³/mol. The van der Waals surface area contributed by atoms with Crippen LogP contribution in [-0.2, 0) is 6.18 Å². The molecule has 1 rings (SSSR count). The molecule has 1 nitrogen and oxygen atoms in total. The van der Waals surface area contributed by atoms with Crippen molar-refractivity contribution in [2.45, 2.75) is 38.5 Å². The quantitative estimate of drug-likeness (QED) is 0.609. The number of benzene rings is 1. The fraction of sp³-hybridized carbons (Fsp3) is 0.429. The molecule has 100 valence electrons. The maximum Gasteiger partial charge on any atom is 0.416 e. The van der Waals surface area contributed by atoms with Gasteiger partial charge in [0.2, 0.25) is 0 Å². The molecule has 1 aromatic rings. The van der Waals surface area contributed by atoms with Crippen molar-refractivity contribution in [3.8, 4) is 0 Å². The average Bonchev–Trinajstić information content (AvgIpc) is 2.33. The summed E-state index contributed by atoms with van der Waals surface area (Å²) < 4.78 is 37.0. The van der Waals surface area contributed by atoms with E-state index >= 15 is 0 Å². The van der Waals surface area contributed by atoms with Gasteiger partial charge >= 0.3 is 6.18 Å². The number of aliphatic hydroxyl groups excluding tert-OH is 1. The average molecular weight is 258 g/mol. The van der Waals surface area contributed by atoms with E-state index in [-0.39, 0.29) is 0 Å². The Labute approximate surface area is 105 Å². The normalized spacial score (nSPS) is 14.1. The molecule has 0 spiro atoms. The highest BCUT2D eigenvalue weighted by Gasteiger charge is 2.30. The van der Waals surface area contributed by atoms with Gasteiger partial charge in [-0.05, 0) is 24.1 Å². The van der Waals surface area contributed by atoms with Gasteiger partial charge in [0.1, 0.15) is 0 Å². The zero-order valence-corrected chi connectivity index (χ0v) is 10.2. The second-order valence-electron chi connectivity index (χ2n) is 4.13. The van der Waals surface area contributed by atoms with Crippen LogP contribution in [0.15, 0.2) is 36.4 Å². The third-order valence-electron chi connectivity index (χ3n) is 2.62. The van der Waals surface area contributed by atoms with Crippen molar-refractivity contribution in [2.24, 2.45) is 0 Å². The molecular formula is C14H17F3O. The van der Waals surface area contributed by atoms with Crippen LogP contribution in [0.5, 0.6) is 0 Å². The lowest BCUT2D eigenvalue weighted by molar-refractivity contribution is -0.137. The summed E-state index contributed by atoms with van der Waals surface area (Å²) in [5.41, 5.74) is -0.232. The SMILES string of the molecule is CCCC/C=C/[C@@H](O)c1ccc(C(F)(F)F)cc1. The molecule has 0 heterocycles. The summed E-state index contributed by atoms with van der Waals surface area (Å²) >= 11 is 0. The first-order chi connectivity index (χ1) is 8.45. The molecule has 18 heavy (non-hydrogen) atoms. The molecule has 0 saturated carbocycles. The van der Waals surface area contributed by atoms with E-state index in [9.17, 15) is 18.3 Å². The molecule has 4 heteroatoms. The van der Waals surface area contributed by atoms with Gasteiger partial charge in [0, 0.05) is 0 Å². The molecule has 0 unspecified atom stereocenters. The van der Waals surface area contributed by atoms with Crippen molar-refractivity contribution in [3.05, 3.63) is 47.5 Å². The summed E-state index contributed by atoms with van der Waals surface area (Å²) in [6.45, 7) is 2.07. The fourth-order valence-corrected chi connectivity index (χ4v) is 1.53. The van der Waals surface area contributed by atoms with Crippen LogP contribution in [0.2, 0.25) is 0 Å². The molecule has 0 saturated heterocycles. The van der Waals surface area contributed by atoms with E-state index < -0.39 is 17.8 Å². The fourth-order valence-electron chi connectivity index (χ4n) is 1.53. The highest BCUT2D eigenvalue weighted by Crippen LogP contribution is 2.30. The summed E-state index contributed by atoms with van der Waals surface area (Å²) in [6, 6.07) is 4.58. The number of allylic oxidation sites excluding steroid dienone is 1. The molecule has 0 aliphatic carbocycles. The molecule has 0 fully saturated rings. The number of hydrogen-bond acceptors (Lipinski definition) is 1. The summed E-state index contributed by atoms with van der Waals surface area (Å²) in [5, 5.41) is 9.75. The largest absolute Gasteiger partial charge is 0.416 e. The third kappa shape index (κ3) is 4.53. The first-order valence-corrected chi connectivity index (χ1v) is 5.97. The van der Waals surface area contributed by atoms with Crippen LogP contribution in [-0.4, -0.2) is 5.11 Å². The van der Waals surface area contributed by atoms with Gasteiger partial charge in [-0.25, -0.2) is 0 Å². The molecule has 0 aliphatic heterocycles. The minimum absolute atomic E-state index is 0.468. The van der Waals surface area contributed by atoms with E-state index in [1.54, 1.807) is 6.08 Å². The van der Waals surface area contributed by atoms with Crippen molar-refractivity contribution in [1.29, 1.82) is 0 Å². The van der Waals surface area contributed by atoms with Gasteiger partial charge < -0.3 is 5.11 Å². The van der Waals surface area contributed by atoms with Crippen molar-refractivity contribution in [1.82, 2.24) is 0 Å². The number of unbranched alkanes of at least 4 members (excludes halogenated alkanes) is 2. The Morgan fingerprint density at radius 3 is 2.33 bits per heavy atom. The standard InChI is InChI=1S/C14H17F3O/c1-2-3-4-5-6-13(18)11-7-9-12(10-8-11)14(15,16)17/h5-10,13,18H,2-4H2,1H3/b6-5+/t13-/m1/s1. The van der Waals surface area contributed by atoms with Crippen molar-refractivity contribution >= 4 is 0 Å². The molecule has 0 aromatic heterocycles. The van der Waals surface area contributed by atoms with Gasteiger partial charge in [-0.3, -0.25) is 0 Å². The van der Waals surface area contributed by atoms with Gasteiger partial charge in [-0.15, -0.1) is 0 Å². The Kier molecular flexibility index (Phi) is 5.41. The predicted octanol–water partition coefficient (Wildman–Crippen LogP) is 4.49. The van der Waals surface area contributed by atoms with E-state index in [2.05, 4.69) is 6.92 Å². The summed E-state index contributed by atoms with van der Waals surface area (Å²) in [7, 11) is 0. The molecule has 1 N–H and O–H groups in total. The van der Waals surface area contributed by atoms with E-state index in [0.717, 1.165) is 31.4 Å². The van der Waals surface area contributed by atoms with Crippen molar-refractivity contribution < 1.29 is 18.3 Å². The summed E-state index contributed by atoms with van der Waals surface area (Å²) in [6.07, 6.45) is 1.26. The van der Waals surface area contributed by atoms with Crippen LogP contribution in [0.3, 0.4) is 0 Å². The molecule has 1 aromatic carbocycles. The van der Waals surface area contributed by atoms with Crippen molar-refractivity contribution in [2.75, 3.05) is 0 Å². The minimum atomic E-state index is -4.33. The second kappa shape index (κ2) is 6.59. The first-order valence-electron chi connectivity index (χ1n) is 5.97. The van der Waals surface area contributed by atoms with E-state index in [1.807, 2.05) is 6.08 Å². The van der Waals surface area contributed by atoms with Crippen LogP contribution in [0.25, 0.3) is 0 Å². The Hall–Kier alpha value is -1.29. The van der Waals surface area contributed by atoms with Crippen LogP contribution < -0.4 is 0 Å². The number of alkyl halides is 3. The first kappa shape index (κ1) is 14.8. The Bertz CT molecular complexity index is 379. The monoisotopic (exact) mass is 258 g/mol. The summed E-state index contributed by atoms with van der Waals surface area (Å²) in [4.78, 5) is 0. The third-order valence-corrected chi connectivity index (χ3v) is 2.62. The Morgan fingerprint density at radius 2 is 1.83 bits per heavy atom. The van der Waals surface area contributed by atoms with Crippen LogP contribution >= 0.6 is 0 Å². The van der Waals surface area contributed by atoms with Gasteiger partial charge in [0.15, 0.2) is 0 Å². The maximum atomic E-state index is 12.3. The van der Waals surface area contributed by atoms with Gasteiger partial charge in [-0.1, -0.05) is 44.1 Å². The number of hydrogen-bond donors (Lipinski definition) is 1. The number of rotatable bonds is 5. The molecule has 0 amide bonds. The molecule has 0 radical (unpaired) electrons. The lowest BCUT2D eigenvalue weighted by Crippen LogP contribution is -2.05. The van der Waals surface area contributed by atoms with Crippen molar-refractivity contribution in [3.63, 3.8) is 0 Å². The van der Waals surface area contributed by atoms with E-state index in [1.165, 1.54) is 12.1 Å². The molecule has 0 aliphatic rings. The summed E-state index contributed by atoms with van der Waals surface area (Å²) in [5.74, 6) is 0. The Balaban J connectivity index is 2.64. The lowest BCUT2D eigenvalue weighted by Gasteiger charge is -2.09. The van der Waals surface area contributed by atoms with Gasteiger partial charge in [-0.2, -0.15) is 13.2 Å². The highest BCUT2D eigenvalue weighted by atomic mass is 19.4. The van der Waals surface area contributed by atoms with Crippen LogP contribution in [0, 0.1) is 0 Å². The van der Waals surface area contributed by atoms with E-state index in [4.69, 9.17) is 0 Å². The van der Waals surface area contributed by atoms with Gasteiger partial charge in [0.25, 0.3) is 0 Å². The lowest BCUT2D eigenvalue weighted by atomic mass is 10.1. The highest BCUT2D eigenvalue weighted by molar-refractivity contribution is 5.27.